The lowest BCUT2D eigenvalue weighted by molar-refractivity contribution is 1.16. The summed E-state index contributed by atoms with van der Waals surface area (Å²) < 4.78 is 4.74. The molecule has 0 N–H and O–H groups in total. The summed E-state index contributed by atoms with van der Waals surface area (Å²) in [6, 6.07) is 103. The van der Waals surface area contributed by atoms with Crippen molar-refractivity contribution >= 4 is 43.6 Å². The van der Waals surface area contributed by atoms with Gasteiger partial charge in [-0.25, -0.2) is 19.9 Å². The Hall–Kier alpha value is -10.8. The van der Waals surface area contributed by atoms with E-state index >= 15 is 0 Å². The van der Waals surface area contributed by atoms with Crippen LogP contribution in [-0.4, -0.2) is 29.1 Å². The largest absolute Gasteiger partial charge is 0.309 e. The van der Waals surface area contributed by atoms with Crippen LogP contribution in [0.3, 0.4) is 0 Å². The molecule has 374 valence electrons. The van der Waals surface area contributed by atoms with E-state index in [1.807, 2.05) is 24.3 Å². The van der Waals surface area contributed by atoms with E-state index in [0.717, 1.165) is 128 Å². The summed E-state index contributed by atoms with van der Waals surface area (Å²) in [5, 5.41) is 4.61. The summed E-state index contributed by atoms with van der Waals surface area (Å²) in [5.74, 6) is 1.12. The number of rotatable bonds is 10. The molecule has 0 aliphatic carbocycles. The Labute approximate surface area is 462 Å². The van der Waals surface area contributed by atoms with Crippen LogP contribution in [0, 0.1) is 0 Å². The van der Waals surface area contributed by atoms with Crippen molar-refractivity contribution in [1.29, 1.82) is 0 Å². The van der Waals surface area contributed by atoms with Crippen LogP contribution >= 0.6 is 0 Å². The highest BCUT2D eigenvalue weighted by Crippen LogP contribution is 2.48. The Morgan fingerprint density at radius 2 is 0.550 bits per heavy atom. The first kappa shape index (κ1) is 46.5. The standard InChI is InChI=1S/C74H48N6/c1-7-23-49(24-8-1)63-47-64(50-25-9-2-10-26-50)76-73(75-63)60-42-41-57(53-39-43-69-61(45-53)58-35-19-21-37-67(58)79(69)55-31-15-5-16-32-55)71(54-40-44-70-62(46-54)59-36-20-22-38-68(59)80(70)56-33-17-6-18-34-56)72(60)74-77-65(51-27-11-3-12-28-51)48-66(78-74)52-29-13-4-14-30-52/h1-48H. The molecule has 15 rings (SSSR count). The van der Waals surface area contributed by atoms with E-state index < -0.39 is 0 Å². The fourth-order valence-electron chi connectivity index (χ4n) is 11.7. The minimum Gasteiger partial charge on any atom is -0.309 e. The maximum atomic E-state index is 5.68. The molecule has 0 atom stereocenters. The molecule has 80 heavy (non-hydrogen) atoms. The van der Waals surface area contributed by atoms with E-state index in [4.69, 9.17) is 19.9 Å². The van der Waals surface area contributed by atoms with Gasteiger partial charge in [-0.2, -0.15) is 0 Å². The van der Waals surface area contributed by atoms with E-state index in [9.17, 15) is 0 Å². The molecule has 0 saturated carbocycles. The van der Waals surface area contributed by atoms with E-state index in [0.29, 0.717) is 11.6 Å². The van der Waals surface area contributed by atoms with Crippen LogP contribution in [0.4, 0.5) is 0 Å². The zero-order valence-corrected chi connectivity index (χ0v) is 43.4. The third kappa shape index (κ3) is 8.14. The number of fused-ring (bicyclic) bond motifs is 6. The van der Waals surface area contributed by atoms with Crippen LogP contribution in [0.1, 0.15) is 0 Å². The predicted octanol–water partition coefficient (Wildman–Crippen LogP) is 18.8. The topological polar surface area (TPSA) is 61.4 Å². The third-order valence-electron chi connectivity index (χ3n) is 15.4. The number of para-hydroxylation sites is 4. The molecule has 4 heterocycles. The van der Waals surface area contributed by atoms with Gasteiger partial charge >= 0.3 is 0 Å². The van der Waals surface area contributed by atoms with E-state index in [-0.39, 0.29) is 0 Å². The second-order valence-corrected chi connectivity index (χ2v) is 20.1. The minimum atomic E-state index is 0.556. The second-order valence-electron chi connectivity index (χ2n) is 20.1. The van der Waals surface area contributed by atoms with Crippen molar-refractivity contribution in [3.8, 4) is 101 Å². The monoisotopic (exact) mass is 1020 g/mol. The van der Waals surface area contributed by atoms with Crippen molar-refractivity contribution in [2.45, 2.75) is 0 Å². The molecule has 0 aliphatic heterocycles. The molecule has 6 nitrogen and oxygen atoms in total. The molecule has 0 aliphatic rings. The number of hydrogen-bond donors (Lipinski definition) is 0. The number of benzene rings is 11. The quantitative estimate of drug-likeness (QED) is 0.137. The zero-order chi connectivity index (χ0) is 52.9. The minimum absolute atomic E-state index is 0.556. The van der Waals surface area contributed by atoms with Crippen molar-refractivity contribution < 1.29 is 0 Å². The molecule has 0 amide bonds. The molecule has 4 aromatic heterocycles. The SMILES string of the molecule is c1ccc(-c2cc(-c3ccccc3)nc(-c3ccc(-c4ccc5c(c4)c4ccccc4n5-c4ccccc4)c(-c4ccc5c(c4)c4ccccc4n5-c4ccccc4)c3-c3nc(-c4ccccc4)cc(-c4ccccc4)n3)n2)cc1. The van der Waals surface area contributed by atoms with E-state index in [1.165, 1.54) is 5.39 Å². The second kappa shape index (κ2) is 19.6. The summed E-state index contributed by atoms with van der Waals surface area (Å²) >= 11 is 0. The lowest BCUT2D eigenvalue weighted by Gasteiger charge is -2.21. The van der Waals surface area contributed by atoms with Crippen LogP contribution in [0.25, 0.3) is 145 Å². The fraction of sp³-hybridized carbons (Fsp3) is 0. The maximum Gasteiger partial charge on any atom is 0.161 e. The highest BCUT2D eigenvalue weighted by Gasteiger charge is 2.27. The first-order valence-electron chi connectivity index (χ1n) is 27.0. The van der Waals surface area contributed by atoms with Gasteiger partial charge in [0, 0.05) is 71.9 Å². The Morgan fingerprint density at radius 1 is 0.212 bits per heavy atom. The molecular weight excluding hydrogens is 973 g/mol. The van der Waals surface area contributed by atoms with Crippen molar-refractivity contribution in [3.05, 3.63) is 291 Å². The van der Waals surface area contributed by atoms with Crippen LogP contribution in [0.15, 0.2) is 291 Å². The van der Waals surface area contributed by atoms with Gasteiger partial charge in [0.1, 0.15) is 0 Å². The van der Waals surface area contributed by atoms with Crippen LogP contribution < -0.4 is 0 Å². The Kier molecular flexibility index (Phi) is 11.4. The van der Waals surface area contributed by atoms with E-state index in [2.05, 4.69) is 276 Å². The van der Waals surface area contributed by atoms with Gasteiger partial charge in [-0.1, -0.05) is 212 Å². The Morgan fingerprint density at radius 3 is 0.988 bits per heavy atom. The Balaban J connectivity index is 1.09. The maximum absolute atomic E-state index is 5.68. The van der Waals surface area contributed by atoms with Crippen LogP contribution in [0.5, 0.6) is 0 Å². The lowest BCUT2D eigenvalue weighted by Crippen LogP contribution is -2.03. The van der Waals surface area contributed by atoms with Crippen LogP contribution in [0.2, 0.25) is 0 Å². The number of nitrogens with zero attached hydrogens (tertiary/aromatic N) is 6. The van der Waals surface area contributed by atoms with Gasteiger partial charge in [0.15, 0.2) is 11.6 Å². The van der Waals surface area contributed by atoms with Gasteiger partial charge in [0.05, 0.1) is 44.8 Å². The number of hydrogen-bond acceptors (Lipinski definition) is 4. The third-order valence-corrected chi connectivity index (χ3v) is 15.4. The van der Waals surface area contributed by atoms with Crippen molar-refractivity contribution in [2.75, 3.05) is 0 Å². The smallest absolute Gasteiger partial charge is 0.161 e. The van der Waals surface area contributed by atoms with Gasteiger partial charge in [-0.15, -0.1) is 0 Å². The highest BCUT2D eigenvalue weighted by atomic mass is 15.0. The molecule has 0 bridgehead atoms. The summed E-state index contributed by atoms with van der Waals surface area (Å²) in [6.07, 6.45) is 0. The molecule has 6 heteroatoms. The lowest BCUT2D eigenvalue weighted by atomic mass is 9.86. The Bertz CT molecular complexity index is 4670. The molecule has 0 spiro atoms. The predicted molar refractivity (Wildman–Crippen MR) is 330 cm³/mol. The van der Waals surface area contributed by atoms with Crippen molar-refractivity contribution in [3.63, 3.8) is 0 Å². The normalized spacial score (nSPS) is 11.5. The molecule has 0 saturated heterocycles. The average molecular weight is 1020 g/mol. The first-order valence-corrected chi connectivity index (χ1v) is 27.0. The highest BCUT2D eigenvalue weighted by molar-refractivity contribution is 6.14. The molecule has 0 fully saturated rings. The van der Waals surface area contributed by atoms with Crippen molar-refractivity contribution in [2.24, 2.45) is 0 Å². The van der Waals surface area contributed by atoms with Gasteiger partial charge in [-0.3, -0.25) is 0 Å². The number of aromatic nitrogens is 6. The van der Waals surface area contributed by atoms with Gasteiger partial charge in [0.2, 0.25) is 0 Å². The first-order chi connectivity index (χ1) is 39.7. The molecule has 15 aromatic rings. The summed E-state index contributed by atoms with van der Waals surface area (Å²) in [5.41, 5.74) is 19.5. The molecular formula is C74H48N6. The summed E-state index contributed by atoms with van der Waals surface area (Å²) in [7, 11) is 0. The summed E-state index contributed by atoms with van der Waals surface area (Å²) in [4.78, 5) is 22.4. The van der Waals surface area contributed by atoms with Crippen LogP contribution in [-0.2, 0) is 0 Å². The molecule has 0 unspecified atom stereocenters. The van der Waals surface area contributed by atoms with Gasteiger partial charge in [0.25, 0.3) is 0 Å². The molecule has 0 radical (unpaired) electrons. The van der Waals surface area contributed by atoms with Gasteiger partial charge in [-0.05, 0) is 95.6 Å². The summed E-state index contributed by atoms with van der Waals surface area (Å²) in [6.45, 7) is 0. The van der Waals surface area contributed by atoms with E-state index in [1.54, 1.807) is 0 Å². The average Bonchev–Trinajstić information content (AvgIpc) is 4.13. The zero-order valence-electron chi connectivity index (χ0n) is 43.4. The van der Waals surface area contributed by atoms with Crippen molar-refractivity contribution in [1.82, 2.24) is 29.1 Å². The van der Waals surface area contributed by atoms with Gasteiger partial charge < -0.3 is 9.13 Å². The molecule has 11 aromatic carbocycles. The fourth-order valence-corrected chi connectivity index (χ4v) is 11.7.